The monoisotopic (exact) mass is 258 g/mol. The van der Waals surface area contributed by atoms with E-state index in [2.05, 4.69) is 36.3 Å². The maximum absolute atomic E-state index is 9.57. The molecule has 0 aliphatic rings. The molecule has 0 fully saturated rings. The molecular weight excluding hydrogens is 236 g/mol. The fourth-order valence-electron chi connectivity index (χ4n) is 2.24. The van der Waals surface area contributed by atoms with Crippen molar-refractivity contribution in [3.8, 4) is 0 Å². The zero-order valence-electron chi connectivity index (χ0n) is 11.7. The van der Waals surface area contributed by atoms with Crippen molar-refractivity contribution < 1.29 is 5.11 Å². The number of fused-ring (bicyclic) bond motifs is 1. The van der Waals surface area contributed by atoms with Crippen molar-refractivity contribution in [2.75, 3.05) is 18.5 Å². The van der Waals surface area contributed by atoms with Crippen LogP contribution in [0.5, 0.6) is 0 Å². The van der Waals surface area contributed by atoms with Crippen LogP contribution in [0.15, 0.2) is 36.5 Å². The highest BCUT2D eigenvalue weighted by Gasteiger charge is 2.24. The Morgan fingerprint density at radius 2 is 1.95 bits per heavy atom. The number of nitrogens with one attached hydrogen (secondary N) is 1. The number of benzene rings is 1. The Kier molecular flexibility index (Phi) is 4.38. The Hall–Kier alpha value is -1.61. The van der Waals surface area contributed by atoms with Gasteiger partial charge in [-0.15, -0.1) is 0 Å². The maximum Gasteiger partial charge on any atom is 0.0703 e. The van der Waals surface area contributed by atoms with Gasteiger partial charge in [-0.1, -0.05) is 32.0 Å². The molecule has 2 rings (SSSR count). The molecule has 19 heavy (non-hydrogen) atoms. The number of aliphatic hydroxyl groups is 1. The van der Waals surface area contributed by atoms with E-state index in [1.165, 1.54) is 0 Å². The number of aromatic nitrogens is 1. The molecule has 0 unspecified atom stereocenters. The van der Waals surface area contributed by atoms with Gasteiger partial charge in [0, 0.05) is 17.3 Å². The minimum absolute atomic E-state index is 0.0361. The topological polar surface area (TPSA) is 45.1 Å². The first-order chi connectivity index (χ1) is 9.23. The molecule has 1 aromatic carbocycles. The van der Waals surface area contributed by atoms with Crippen LogP contribution >= 0.6 is 0 Å². The minimum Gasteiger partial charge on any atom is -0.396 e. The van der Waals surface area contributed by atoms with Gasteiger partial charge in [0.15, 0.2) is 0 Å². The zero-order valence-corrected chi connectivity index (χ0v) is 11.7. The second-order valence-electron chi connectivity index (χ2n) is 5.14. The van der Waals surface area contributed by atoms with Crippen molar-refractivity contribution >= 4 is 16.6 Å². The van der Waals surface area contributed by atoms with Crippen LogP contribution in [0, 0.1) is 5.41 Å². The molecule has 0 amide bonds. The van der Waals surface area contributed by atoms with Crippen molar-refractivity contribution in [1.82, 2.24) is 4.98 Å². The van der Waals surface area contributed by atoms with Gasteiger partial charge >= 0.3 is 0 Å². The first-order valence-corrected chi connectivity index (χ1v) is 6.92. The molecule has 3 nitrogen and oxygen atoms in total. The van der Waals surface area contributed by atoms with Gasteiger partial charge in [-0.05, 0) is 25.0 Å². The third kappa shape index (κ3) is 3.04. The lowest BCUT2D eigenvalue weighted by Crippen LogP contribution is -2.32. The molecule has 3 heteroatoms. The lowest BCUT2D eigenvalue weighted by atomic mass is 9.83. The predicted molar refractivity (Wildman–Crippen MR) is 80.3 cm³/mol. The standard InChI is InChI=1S/C16H22N2O/c1-3-16(4-2,12-19)11-18-14-9-13-7-5-6-8-15(13)17-10-14/h5-10,18-19H,3-4,11-12H2,1-2H3. The van der Waals surface area contributed by atoms with Gasteiger partial charge in [0.05, 0.1) is 24.0 Å². The summed E-state index contributed by atoms with van der Waals surface area (Å²) in [5.41, 5.74) is 1.98. The third-order valence-corrected chi connectivity index (χ3v) is 4.09. The summed E-state index contributed by atoms with van der Waals surface area (Å²) in [5, 5.41) is 14.1. The normalized spacial score (nSPS) is 11.7. The fraction of sp³-hybridized carbons (Fsp3) is 0.438. The van der Waals surface area contributed by atoms with E-state index in [0.717, 1.165) is 36.0 Å². The summed E-state index contributed by atoms with van der Waals surface area (Å²) in [7, 11) is 0. The molecule has 0 bridgehead atoms. The molecule has 0 saturated heterocycles. The number of nitrogens with zero attached hydrogens (tertiary/aromatic N) is 1. The molecule has 1 heterocycles. The van der Waals surface area contributed by atoms with Gasteiger partial charge in [0.25, 0.3) is 0 Å². The van der Waals surface area contributed by atoms with Crippen LogP contribution < -0.4 is 5.32 Å². The summed E-state index contributed by atoms with van der Waals surface area (Å²) in [5.74, 6) is 0. The summed E-state index contributed by atoms with van der Waals surface area (Å²) in [4.78, 5) is 4.43. The molecule has 102 valence electrons. The van der Waals surface area contributed by atoms with Crippen LogP contribution in [0.2, 0.25) is 0 Å². The summed E-state index contributed by atoms with van der Waals surface area (Å²) in [6.45, 7) is 5.24. The lowest BCUT2D eigenvalue weighted by Gasteiger charge is -2.30. The lowest BCUT2D eigenvalue weighted by molar-refractivity contribution is 0.127. The summed E-state index contributed by atoms with van der Waals surface area (Å²) in [6, 6.07) is 10.2. The molecule has 0 saturated carbocycles. The summed E-state index contributed by atoms with van der Waals surface area (Å²) in [6.07, 6.45) is 3.79. The van der Waals surface area contributed by atoms with Crippen LogP contribution in [0.1, 0.15) is 26.7 Å². The van der Waals surface area contributed by atoms with Crippen LogP contribution in [0.3, 0.4) is 0 Å². The molecule has 0 atom stereocenters. The molecule has 2 N–H and O–H groups in total. The van der Waals surface area contributed by atoms with E-state index in [1.807, 2.05) is 24.4 Å². The van der Waals surface area contributed by atoms with E-state index < -0.39 is 0 Å². The molecule has 0 aliphatic carbocycles. The van der Waals surface area contributed by atoms with E-state index in [1.54, 1.807) is 0 Å². The fourth-order valence-corrected chi connectivity index (χ4v) is 2.24. The third-order valence-electron chi connectivity index (χ3n) is 4.09. The Labute approximate surface area is 114 Å². The number of anilines is 1. The van der Waals surface area contributed by atoms with E-state index in [0.29, 0.717) is 0 Å². The Morgan fingerprint density at radius 3 is 2.63 bits per heavy atom. The molecule has 2 aromatic rings. The van der Waals surface area contributed by atoms with Crippen LogP contribution in [0.4, 0.5) is 5.69 Å². The zero-order chi connectivity index (χ0) is 13.7. The average Bonchev–Trinajstić information content (AvgIpc) is 2.49. The van der Waals surface area contributed by atoms with Crippen LogP contribution in [-0.2, 0) is 0 Å². The SMILES string of the molecule is CCC(CC)(CO)CNc1cnc2ccccc2c1. The molecule has 0 aliphatic heterocycles. The van der Waals surface area contributed by atoms with Crippen molar-refractivity contribution in [2.24, 2.45) is 5.41 Å². The molecule has 0 spiro atoms. The first-order valence-electron chi connectivity index (χ1n) is 6.92. The van der Waals surface area contributed by atoms with Gasteiger partial charge in [-0.25, -0.2) is 0 Å². The highest BCUT2D eigenvalue weighted by molar-refractivity contribution is 5.81. The first kappa shape index (κ1) is 13.8. The van der Waals surface area contributed by atoms with Crippen molar-refractivity contribution in [3.63, 3.8) is 0 Å². The average molecular weight is 258 g/mol. The van der Waals surface area contributed by atoms with E-state index >= 15 is 0 Å². The molecule has 1 aromatic heterocycles. The van der Waals surface area contributed by atoms with Crippen molar-refractivity contribution in [2.45, 2.75) is 26.7 Å². The van der Waals surface area contributed by atoms with Gasteiger partial charge in [-0.2, -0.15) is 0 Å². The van der Waals surface area contributed by atoms with E-state index in [-0.39, 0.29) is 12.0 Å². The van der Waals surface area contributed by atoms with Gasteiger partial charge < -0.3 is 10.4 Å². The summed E-state index contributed by atoms with van der Waals surface area (Å²) >= 11 is 0. The smallest absolute Gasteiger partial charge is 0.0703 e. The number of pyridine rings is 1. The number of aliphatic hydroxyl groups excluding tert-OH is 1. The summed E-state index contributed by atoms with van der Waals surface area (Å²) < 4.78 is 0. The van der Waals surface area contributed by atoms with E-state index in [9.17, 15) is 5.11 Å². The van der Waals surface area contributed by atoms with Crippen molar-refractivity contribution in [1.29, 1.82) is 0 Å². The Morgan fingerprint density at radius 1 is 1.21 bits per heavy atom. The largest absolute Gasteiger partial charge is 0.396 e. The maximum atomic E-state index is 9.57. The number of hydrogen-bond donors (Lipinski definition) is 2. The van der Waals surface area contributed by atoms with E-state index in [4.69, 9.17) is 0 Å². The quantitative estimate of drug-likeness (QED) is 0.834. The second-order valence-corrected chi connectivity index (χ2v) is 5.14. The van der Waals surface area contributed by atoms with Gasteiger partial charge in [0.1, 0.15) is 0 Å². The highest BCUT2D eigenvalue weighted by atomic mass is 16.3. The highest BCUT2D eigenvalue weighted by Crippen LogP contribution is 2.26. The van der Waals surface area contributed by atoms with Crippen LogP contribution in [0.25, 0.3) is 10.9 Å². The number of para-hydroxylation sites is 1. The van der Waals surface area contributed by atoms with Crippen LogP contribution in [-0.4, -0.2) is 23.2 Å². The Bertz CT molecular complexity index is 527. The predicted octanol–water partition coefficient (Wildman–Crippen LogP) is 3.45. The number of hydrogen-bond acceptors (Lipinski definition) is 3. The minimum atomic E-state index is -0.0361. The molecule has 0 radical (unpaired) electrons. The number of rotatable bonds is 6. The Balaban J connectivity index is 2.13. The van der Waals surface area contributed by atoms with Crippen molar-refractivity contribution in [3.05, 3.63) is 36.5 Å². The van der Waals surface area contributed by atoms with Gasteiger partial charge in [0.2, 0.25) is 0 Å². The second kappa shape index (κ2) is 6.02. The van der Waals surface area contributed by atoms with Gasteiger partial charge in [-0.3, -0.25) is 4.98 Å². The molecular formula is C16H22N2O.